The fourth-order valence-corrected chi connectivity index (χ4v) is 4.62. The molecule has 0 aliphatic heterocycles. The molecule has 2 heterocycles. The number of aromatic hydroxyl groups is 1. The maximum absolute atomic E-state index is 12.6. The molecule has 0 saturated carbocycles. The minimum absolute atomic E-state index is 0.0344. The Hall–Kier alpha value is -3.52. The first kappa shape index (κ1) is 23.6. The van der Waals surface area contributed by atoms with Gasteiger partial charge in [-0.05, 0) is 50.1 Å². The standard InChI is InChI=1S/C26H27N5O2S/c1-4-5-14-31-22-9-7-6-8-21(22)23(25(31)33)29-30-24(32)20-12-10-19(11-13-20)16-34-26-27-17(2)15-18(3)28-26/h6-13,15,33H,4-5,14,16H2,1-3H3. The summed E-state index contributed by atoms with van der Waals surface area (Å²) in [6.07, 6.45) is 1.94. The normalized spacial score (nSPS) is 11.5. The van der Waals surface area contributed by atoms with E-state index in [1.807, 2.05) is 60.9 Å². The van der Waals surface area contributed by atoms with E-state index < -0.39 is 5.91 Å². The molecule has 2 aromatic carbocycles. The largest absolute Gasteiger partial charge is 0.493 e. The Morgan fingerprint density at radius 3 is 2.47 bits per heavy atom. The summed E-state index contributed by atoms with van der Waals surface area (Å²) in [5.41, 5.74) is 4.58. The SMILES string of the molecule is CCCCn1c(O)c(N=NC(=O)c2ccc(CSc3nc(C)cc(C)n3)cc2)c2ccccc21. The van der Waals surface area contributed by atoms with Crippen LogP contribution in [-0.4, -0.2) is 25.5 Å². The van der Waals surface area contributed by atoms with Gasteiger partial charge in [-0.25, -0.2) is 9.97 Å². The summed E-state index contributed by atoms with van der Waals surface area (Å²) in [6, 6.07) is 16.8. The number of carbonyl (C=O) groups is 1. The first-order valence-corrected chi connectivity index (χ1v) is 12.2. The highest BCUT2D eigenvalue weighted by Crippen LogP contribution is 2.39. The number of hydrogen-bond donors (Lipinski definition) is 1. The van der Waals surface area contributed by atoms with E-state index in [0.717, 1.165) is 45.9 Å². The van der Waals surface area contributed by atoms with Crippen molar-refractivity contribution in [1.82, 2.24) is 14.5 Å². The Balaban J connectivity index is 1.47. The molecular weight excluding hydrogens is 446 g/mol. The van der Waals surface area contributed by atoms with Crippen molar-refractivity contribution < 1.29 is 9.90 Å². The number of thioether (sulfide) groups is 1. The predicted octanol–water partition coefficient (Wildman–Crippen LogP) is 6.77. The van der Waals surface area contributed by atoms with Crippen LogP contribution in [0.2, 0.25) is 0 Å². The lowest BCUT2D eigenvalue weighted by Gasteiger charge is -2.05. The molecule has 8 heteroatoms. The number of unbranched alkanes of at least 4 members (excludes halogenated alkanes) is 1. The average molecular weight is 474 g/mol. The lowest BCUT2D eigenvalue weighted by molar-refractivity contribution is 0.0995. The van der Waals surface area contributed by atoms with Crippen molar-refractivity contribution in [1.29, 1.82) is 0 Å². The van der Waals surface area contributed by atoms with Gasteiger partial charge in [-0.2, -0.15) is 0 Å². The number of carbonyl (C=O) groups excluding carboxylic acids is 1. The molecule has 2 aromatic heterocycles. The smallest absolute Gasteiger partial charge is 0.295 e. The van der Waals surface area contributed by atoms with Crippen LogP contribution >= 0.6 is 11.8 Å². The first-order valence-electron chi connectivity index (χ1n) is 11.3. The average Bonchev–Trinajstić information content (AvgIpc) is 3.10. The van der Waals surface area contributed by atoms with E-state index in [1.54, 1.807) is 23.9 Å². The zero-order valence-corrected chi connectivity index (χ0v) is 20.3. The highest BCUT2D eigenvalue weighted by Gasteiger charge is 2.16. The monoisotopic (exact) mass is 473 g/mol. The summed E-state index contributed by atoms with van der Waals surface area (Å²) in [5.74, 6) is 0.276. The summed E-state index contributed by atoms with van der Waals surface area (Å²) in [7, 11) is 0. The lowest BCUT2D eigenvalue weighted by Crippen LogP contribution is -1.96. The number of benzene rings is 2. The van der Waals surface area contributed by atoms with Gasteiger partial charge >= 0.3 is 0 Å². The van der Waals surface area contributed by atoms with Gasteiger partial charge in [-0.3, -0.25) is 4.79 Å². The van der Waals surface area contributed by atoms with E-state index in [2.05, 4.69) is 27.1 Å². The van der Waals surface area contributed by atoms with E-state index in [9.17, 15) is 9.90 Å². The van der Waals surface area contributed by atoms with Gasteiger partial charge in [0.05, 0.1) is 5.52 Å². The summed E-state index contributed by atoms with van der Waals surface area (Å²) in [6.45, 7) is 6.69. The van der Waals surface area contributed by atoms with Crippen LogP contribution in [0.4, 0.5) is 5.69 Å². The second kappa shape index (κ2) is 10.6. The van der Waals surface area contributed by atoms with Crippen LogP contribution in [0, 0.1) is 13.8 Å². The first-order chi connectivity index (χ1) is 16.5. The molecule has 0 atom stereocenters. The molecular formula is C26H27N5O2S. The summed E-state index contributed by atoms with van der Waals surface area (Å²) < 4.78 is 1.82. The number of para-hydroxylation sites is 1. The van der Waals surface area contributed by atoms with E-state index in [4.69, 9.17) is 0 Å². The molecule has 1 amide bonds. The molecule has 174 valence electrons. The number of azo groups is 1. The zero-order valence-electron chi connectivity index (χ0n) is 19.5. The van der Waals surface area contributed by atoms with Gasteiger partial charge in [0.25, 0.3) is 5.91 Å². The molecule has 4 aromatic rings. The van der Waals surface area contributed by atoms with Crippen LogP contribution < -0.4 is 0 Å². The quantitative estimate of drug-likeness (QED) is 0.173. The van der Waals surface area contributed by atoms with Crippen LogP contribution in [0.15, 0.2) is 70.0 Å². The molecule has 34 heavy (non-hydrogen) atoms. The summed E-state index contributed by atoms with van der Waals surface area (Å²) >= 11 is 1.55. The van der Waals surface area contributed by atoms with Crippen molar-refractivity contribution in [3.8, 4) is 5.88 Å². The molecule has 0 bridgehead atoms. The highest BCUT2D eigenvalue weighted by molar-refractivity contribution is 7.98. The van der Waals surface area contributed by atoms with Crippen LogP contribution in [0.5, 0.6) is 5.88 Å². The van der Waals surface area contributed by atoms with Crippen LogP contribution in [0.1, 0.15) is 47.1 Å². The summed E-state index contributed by atoms with van der Waals surface area (Å²) in [5, 5.41) is 20.3. The van der Waals surface area contributed by atoms with Gasteiger partial charge in [0.15, 0.2) is 10.8 Å². The fraction of sp³-hybridized carbons (Fsp3) is 0.269. The Bertz CT molecular complexity index is 1330. The van der Waals surface area contributed by atoms with Crippen molar-refractivity contribution in [2.45, 2.75) is 51.1 Å². The minimum atomic E-state index is -0.457. The molecule has 0 fully saturated rings. The summed E-state index contributed by atoms with van der Waals surface area (Å²) in [4.78, 5) is 21.5. The molecule has 7 nitrogen and oxygen atoms in total. The van der Waals surface area contributed by atoms with E-state index in [-0.39, 0.29) is 5.88 Å². The third kappa shape index (κ3) is 5.34. The van der Waals surface area contributed by atoms with Gasteiger partial charge in [0, 0.05) is 34.6 Å². The number of hydrogen-bond acceptors (Lipinski definition) is 6. The van der Waals surface area contributed by atoms with Crippen molar-refractivity contribution in [2.24, 2.45) is 10.2 Å². The van der Waals surface area contributed by atoms with Gasteiger partial charge in [-0.1, -0.05) is 55.4 Å². The maximum atomic E-state index is 12.6. The predicted molar refractivity (Wildman–Crippen MR) is 135 cm³/mol. The van der Waals surface area contributed by atoms with Crippen LogP contribution in [-0.2, 0) is 12.3 Å². The van der Waals surface area contributed by atoms with Crippen molar-refractivity contribution in [3.63, 3.8) is 0 Å². The Morgan fingerprint density at radius 2 is 1.76 bits per heavy atom. The number of aryl methyl sites for hydroxylation is 3. The molecule has 0 spiro atoms. The third-order valence-corrected chi connectivity index (χ3v) is 6.34. The van der Waals surface area contributed by atoms with Crippen molar-refractivity contribution in [2.75, 3.05) is 0 Å². The van der Waals surface area contributed by atoms with Crippen LogP contribution in [0.3, 0.4) is 0 Å². The van der Waals surface area contributed by atoms with Gasteiger partial charge in [0.1, 0.15) is 0 Å². The Morgan fingerprint density at radius 1 is 1.06 bits per heavy atom. The third-order valence-electron chi connectivity index (χ3n) is 5.42. The zero-order chi connectivity index (χ0) is 24.1. The van der Waals surface area contributed by atoms with E-state index in [0.29, 0.717) is 23.5 Å². The molecule has 0 aliphatic rings. The Labute approximate surface area is 203 Å². The number of rotatable bonds is 8. The molecule has 4 rings (SSSR count). The molecule has 1 N–H and O–H groups in total. The highest BCUT2D eigenvalue weighted by atomic mass is 32.2. The van der Waals surface area contributed by atoms with Gasteiger partial charge in [-0.15, -0.1) is 10.2 Å². The van der Waals surface area contributed by atoms with Crippen LogP contribution in [0.25, 0.3) is 10.9 Å². The maximum Gasteiger partial charge on any atom is 0.295 e. The van der Waals surface area contributed by atoms with Gasteiger partial charge in [0.2, 0.25) is 5.88 Å². The van der Waals surface area contributed by atoms with Crippen molar-refractivity contribution >= 4 is 34.3 Å². The number of fused-ring (bicyclic) bond motifs is 1. The van der Waals surface area contributed by atoms with Gasteiger partial charge < -0.3 is 9.67 Å². The second-order valence-corrected chi connectivity index (χ2v) is 9.06. The second-order valence-electron chi connectivity index (χ2n) is 8.12. The molecule has 0 unspecified atom stereocenters. The minimum Gasteiger partial charge on any atom is -0.493 e. The Kier molecular flexibility index (Phi) is 7.37. The fourth-order valence-electron chi connectivity index (χ4n) is 3.72. The van der Waals surface area contributed by atoms with E-state index in [1.165, 1.54) is 0 Å². The number of amides is 1. The molecule has 0 aliphatic carbocycles. The molecule has 0 radical (unpaired) electrons. The van der Waals surface area contributed by atoms with Crippen molar-refractivity contribution in [3.05, 3.63) is 77.1 Å². The lowest BCUT2D eigenvalue weighted by atomic mass is 10.1. The molecule has 0 saturated heterocycles. The number of aromatic nitrogens is 3. The topological polar surface area (TPSA) is 92.7 Å². The van der Waals surface area contributed by atoms with E-state index >= 15 is 0 Å². The number of nitrogens with zero attached hydrogens (tertiary/aromatic N) is 5.